The van der Waals surface area contributed by atoms with Crippen molar-refractivity contribution in [3.63, 3.8) is 0 Å². The number of rotatable bonds is 1. The first kappa shape index (κ1) is 11.8. The maximum absolute atomic E-state index is 9.49. The minimum Gasteiger partial charge on any atom is -0.508 e. The summed E-state index contributed by atoms with van der Waals surface area (Å²) in [6.45, 7) is 0. The smallest absolute Gasteiger partial charge is 0.115 e. The van der Waals surface area contributed by atoms with Crippen molar-refractivity contribution in [3.8, 4) is 17.0 Å². The van der Waals surface area contributed by atoms with Crippen LogP contribution in [0.25, 0.3) is 33.1 Å². The van der Waals surface area contributed by atoms with E-state index in [1.807, 2.05) is 18.3 Å². The van der Waals surface area contributed by atoms with Crippen molar-refractivity contribution in [2.75, 3.05) is 0 Å². The largest absolute Gasteiger partial charge is 0.508 e. The van der Waals surface area contributed by atoms with Crippen LogP contribution in [-0.2, 0) is 12.8 Å². The molecule has 22 heavy (non-hydrogen) atoms. The number of H-pyrrole nitrogens is 1. The molecule has 1 aliphatic rings. The van der Waals surface area contributed by atoms with Crippen LogP contribution in [0, 0.1) is 0 Å². The summed E-state index contributed by atoms with van der Waals surface area (Å²) in [5.74, 6) is 0.299. The summed E-state index contributed by atoms with van der Waals surface area (Å²) >= 11 is 0. The number of aromatic nitrogens is 2. The number of hydrogen-bond acceptors (Lipinski definition) is 2. The lowest BCUT2D eigenvalue weighted by Gasteiger charge is -2.25. The molecule has 106 valence electrons. The van der Waals surface area contributed by atoms with E-state index in [1.54, 1.807) is 12.1 Å². The van der Waals surface area contributed by atoms with Gasteiger partial charge in [0.1, 0.15) is 5.75 Å². The van der Waals surface area contributed by atoms with Crippen molar-refractivity contribution in [1.29, 1.82) is 0 Å². The first-order chi connectivity index (χ1) is 10.8. The lowest BCUT2D eigenvalue weighted by Crippen LogP contribution is -2.12. The second-order valence-electron chi connectivity index (χ2n) is 5.87. The Morgan fingerprint density at radius 3 is 2.50 bits per heavy atom. The Balaban J connectivity index is 1.86. The average Bonchev–Trinajstić information content (AvgIpc) is 2.96. The molecule has 0 amide bonds. The predicted molar refractivity (Wildman–Crippen MR) is 88.1 cm³/mol. The number of aromatic amines is 1. The summed E-state index contributed by atoms with van der Waals surface area (Å²) in [5.41, 5.74) is 7.35. The van der Waals surface area contributed by atoms with Gasteiger partial charge in [0.2, 0.25) is 0 Å². The number of fused-ring (bicyclic) bond motifs is 5. The van der Waals surface area contributed by atoms with Crippen LogP contribution in [0.15, 0.2) is 48.7 Å². The van der Waals surface area contributed by atoms with Gasteiger partial charge in [-0.1, -0.05) is 0 Å². The Morgan fingerprint density at radius 1 is 0.909 bits per heavy atom. The van der Waals surface area contributed by atoms with Gasteiger partial charge in [0.05, 0.1) is 5.52 Å². The molecule has 0 saturated carbocycles. The van der Waals surface area contributed by atoms with Gasteiger partial charge in [-0.2, -0.15) is 0 Å². The van der Waals surface area contributed by atoms with Gasteiger partial charge in [-0.15, -0.1) is 0 Å². The van der Waals surface area contributed by atoms with Crippen LogP contribution in [0.4, 0.5) is 0 Å². The van der Waals surface area contributed by atoms with Crippen molar-refractivity contribution in [3.05, 3.63) is 59.8 Å². The zero-order valence-electron chi connectivity index (χ0n) is 11.9. The van der Waals surface area contributed by atoms with Crippen LogP contribution in [0.3, 0.4) is 0 Å². The summed E-state index contributed by atoms with van der Waals surface area (Å²) < 4.78 is 0. The molecule has 2 N–H and O–H groups in total. The van der Waals surface area contributed by atoms with Gasteiger partial charge in [-0.25, -0.2) is 0 Å². The summed E-state index contributed by atoms with van der Waals surface area (Å²) in [6.07, 6.45) is 4.10. The van der Waals surface area contributed by atoms with E-state index in [1.165, 1.54) is 27.6 Å². The van der Waals surface area contributed by atoms with E-state index in [0.717, 1.165) is 29.4 Å². The number of phenols is 1. The van der Waals surface area contributed by atoms with Crippen molar-refractivity contribution in [2.24, 2.45) is 0 Å². The molecular weight excluding hydrogens is 272 g/mol. The minimum atomic E-state index is 0.299. The predicted octanol–water partition coefficient (Wildman–Crippen LogP) is 4.19. The lowest BCUT2D eigenvalue weighted by atomic mass is 9.82. The highest BCUT2D eigenvalue weighted by Gasteiger charge is 2.23. The van der Waals surface area contributed by atoms with Crippen molar-refractivity contribution < 1.29 is 5.11 Å². The average molecular weight is 286 g/mol. The highest BCUT2D eigenvalue weighted by Crippen LogP contribution is 2.40. The highest BCUT2D eigenvalue weighted by atomic mass is 16.3. The van der Waals surface area contributed by atoms with Gasteiger partial charge >= 0.3 is 0 Å². The maximum Gasteiger partial charge on any atom is 0.115 e. The molecule has 2 heterocycles. The van der Waals surface area contributed by atoms with E-state index in [4.69, 9.17) is 0 Å². The van der Waals surface area contributed by atoms with Gasteiger partial charge in [0, 0.05) is 28.2 Å². The summed E-state index contributed by atoms with van der Waals surface area (Å²) in [4.78, 5) is 8.01. The van der Waals surface area contributed by atoms with Crippen LogP contribution in [-0.4, -0.2) is 15.1 Å². The molecule has 0 saturated heterocycles. The van der Waals surface area contributed by atoms with Gasteiger partial charge < -0.3 is 10.1 Å². The number of aryl methyl sites for hydroxylation is 1. The summed E-state index contributed by atoms with van der Waals surface area (Å²) in [7, 11) is 0. The standard InChI is InChI=1S/C19H14N2O/c22-12-3-1-11(2-4-12)19-14-6-5-13(14)18-15-9-10-20-16(15)7-8-17(18)21-19/h1-4,7-10,21-22H,5-6H2. The number of aromatic hydroxyl groups is 1. The van der Waals surface area contributed by atoms with E-state index in [-0.39, 0.29) is 0 Å². The molecule has 0 atom stereocenters. The third kappa shape index (κ3) is 1.48. The number of nitrogens with zero attached hydrogens (tertiary/aromatic N) is 1. The molecule has 1 aliphatic carbocycles. The van der Waals surface area contributed by atoms with E-state index in [2.05, 4.69) is 28.2 Å². The molecule has 5 rings (SSSR count). The number of pyridine rings is 1. The highest BCUT2D eigenvalue weighted by molar-refractivity contribution is 6.08. The molecule has 3 nitrogen and oxygen atoms in total. The van der Waals surface area contributed by atoms with Crippen molar-refractivity contribution in [2.45, 2.75) is 12.8 Å². The third-order valence-electron chi connectivity index (χ3n) is 4.69. The normalized spacial score (nSPS) is 13.3. The topological polar surface area (TPSA) is 48.9 Å². The van der Waals surface area contributed by atoms with Crippen molar-refractivity contribution >= 4 is 21.8 Å². The van der Waals surface area contributed by atoms with Crippen LogP contribution in [0.5, 0.6) is 5.75 Å². The van der Waals surface area contributed by atoms with Gasteiger partial charge in [0.15, 0.2) is 0 Å². The molecular formula is C19H14N2O. The Bertz CT molecular complexity index is 1030. The quantitative estimate of drug-likeness (QED) is 0.551. The van der Waals surface area contributed by atoms with E-state index in [9.17, 15) is 5.11 Å². The Morgan fingerprint density at radius 2 is 1.73 bits per heavy atom. The Hall–Kier alpha value is -2.81. The minimum absolute atomic E-state index is 0.299. The zero-order chi connectivity index (χ0) is 14.7. The van der Waals surface area contributed by atoms with Crippen molar-refractivity contribution in [1.82, 2.24) is 9.97 Å². The summed E-state index contributed by atoms with van der Waals surface area (Å²) in [5, 5.41) is 12.0. The Kier molecular flexibility index (Phi) is 2.20. The molecule has 2 aromatic heterocycles. The first-order valence-corrected chi connectivity index (χ1v) is 7.52. The molecule has 2 aromatic carbocycles. The molecule has 0 unspecified atom stereocenters. The van der Waals surface area contributed by atoms with E-state index >= 15 is 0 Å². The number of benzene rings is 2. The van der Waals surface area contributed by atoms with Gasteiger partial charge in [0.25, 0.3) is 0 Å². The first-order valence-electron chi connectivity index (χ1n) is 7.52. The zero-order valence-corrected chi connectivity index (χ0v) is 11.9. The van der Waals surface area contributed by atoms with E-state index < -0.39 is 0 Å². The second kappa shape index (κ2) is 4.10. The summed E-state index contributed by atoms with van der Waals surface area (Å²) in [6, 6.07) is 13.7. The van der Waals surface area contributed by atoms with Crippen LogP contribution >= 0.6 is 0 Å². The molecule has 4 aromatic rings. The van der Waals surface area contributed by atoms with Gasteiger partial charge in [-0.3, -0.25) is 4.98 Å². The number of phenolic OH excluding ortho intramolecular Hbond substituents is 1. The molecule has 0 spiro atoms. The molecule has 3 heteroatoms. The monoisotopic (exact) mass is 286 g/mol. The van der Waals surface area contributed by atoms with Gasteiger partial charge in [-0.05, 0) is 72.0 Å². The number of nitrogens with one attached hydrogen (secondary N) is 1. The SMILES string of the molecule is Oc1ccc(-c2[nH]c3ccc4nccc4c3c3c2CC3)cc1. The lowest BCUT2D eigenvalue weighted by molar-refractivity contribution is 0.475. The molecule has 0 bridgehead atoms. The molecule has 0 fully saturated rings. The maximum atomic E-state index is 9.49. The van der Waals surface area contributed by atoms with E-state index in [0.29, 0.717) is 5.75 Å². The third-order valence-corrected chi connectivity index (χ3v) is 4.69. The Labute approximate surface area is 127 Å². The van der Waals surface area contributed by atoms with Crippen LogP contribution in [0.2, 0.25) is 0 Å². The fourth-order valence-corrected chi connectivity index (χ4v) is 3.52. The number of hydrogen-bond donors (Lipinski definition) is 2. The molecule has 0 radical (unpaired) electrons. The molecule has 0 aliphatic heterocycles. The fraction of sp³-hybridized carbons (Fsp3) is 0.105. The fourth-order valence-electron chi connectivity index (χ4n) is 3.52. The van der Waals surface area contributed by atoms with Crippen LogP contribution in [0.1, 0.15) is 11.1 Å². The second-order valence-corrected chi connectivity index (χ2v) is 5.87. The van der Waals surface area contributed by atoms with Crippen LogP contribution < -0.4 is 0 Å².